The predicted octanol–water partition coefficient (Wildman–Crippen LogP) is 2.05. The molecule has 1 aromatic rings. The first-order chi connectivity index (χ1) is 10.7. The van der Waals surface area contributed by atoms with E-state index >= 15 is 0 Å². The number of hydrogen-bond donors (Lipinski definition) is 3. The molecule has 0 saturated heterocycles. The van der Waals surface area contributed by atoms with Gasteiger partial charge in [0.2, 0.25) is 0 Å². The van der Waals surface area contributed by atoms with Crippen LogP contribution >= 0.6 is 0 Å². The number of allylic oxidation sites excluding steroid dienone is 2. The topological polar surface area (TPSA) is 94.8 Å². The van der Waals surface area contributed by atoms with Gasteiger partial charge in [0.15, 0.2) is 5.78 Å². The Labute approximate surface area is 134 Å². The van der Waals surface area contributed by atoms with Gasteiger partial charge in [-0.15, -0.1) is 0 Å². The number of ketones is 1. The molecule has 23 heavy (non-hydrogen) atoms. The molecule has 0 fully saturated rings. The molecule has 5 nitrogen and oxygen atoms in total. The molecule has 5 heteroatoms. The van der Waals surface area contributed by atoms with Crippen LogP contribution in [-0.2, 0) is 10.4 Å². The Morgan fingerprint density at radius 3 is 2.61 bits per heavy atom. The number of Topliss-reactive ketones (excluding diaryl/α,β-unsaturated/α-hetero) is 1. The van der Waals surface area contributed by atoms with E-state index in [0.29, 0.717) is 16.7 Å². The van der Waals surface area contributed by atoms with E-state index in [1.165, 1.54) is 12.2 Å². The van der Waals surface area contributed by atoms with Crippen LogP contribution in [0.1, 0.15) is 36.2 Å². The summed E-state index contributed by atoms with van der Waals surface area (Å²) in [6, 6.07) is 6.74. The second-order valence-electron chi connectivity index (χ2n) is 6.19. The van der Waals surface area contributed by atoms with Crippen LogP contribution in [0.2, 0.25) is 0 Å². The van der Waals surface area contributed by atoms with Crippen LogP contribution in [0, 0.1) is 5.41 Å². The number of carboxylic acid groups (broad SMARTS) is 1. The second kappa shape index (κ2) is 6.10. The van der Waals surface area contributed by atoms with Crippen LogP contribution in [0.25, 0.3) is 0 Å². The molecular formula is C18H20O5. The molecule has 0 saturated carbocycles. The molecule has 3 N–H and O–H groups in total. The first-order valence-corrected chi connectivity index (χ1v) is 7.30. The van der Waals surface area contributed by atoms with Crippen LogP contribution < -0.4 is 0 Å². The minimum absolute atomic E-state index is 0.00302. The highest BCUT2D eigenvalue weighted by atomic mass is 16.4. The van der Waals surface area contributed by atoms with Crippen molar-refractivity contribution in [1.29, 1.82) is 0 Å². The lowest BCUT2D eigenvalue weighted by molar-refractivity contribution is -0.131. The highest BCUT2D eigenvalue weighted by Gasteiger charge is 2.52. The first-order valence-electron chi connectivity index (χ1n) is 7.30. The third-order valence-corrected chi connectivity index (χ3v) is 4.40. The summed E-state index contributed by atoms with van der Waals surface area (Å²) in [6.45, 7) is 2.86. The monoisotopic (exact) mass is 316 g/mol. The van der Waals surface area contributed by atoms with Crippen LogP contribution in [0.5, 0.6) is 0 Å². The summed E-state index contributed by atoms with van der Waals surface area (Å²) < 4.78 is 0. The number of fused-ring (bicyclic) bond motifs is 1. The fourth-order valence-corrected chi connectivity index (χ4v) is 2.93. The minimum atomic E-state index is -1.57. The molecule has 0 unspecified atom stereocenters. The van der Waals surface area contributed by atoms with Crippen molar-refractivity contribution in [3.05, 3.63) is 59.2 Å². The predicted molar refractivity (Wildman–Crippen MR) is 85.0 cm³/mol. The Morgan fingerprint density at radius 2 is 2.00 bits per heavy atom. The average Bonchev–Trinajstić information content (AvgIpc) is 2.50. The number of aliphatic carboxylic acids is 1. The van der Waals surface area contributed by atoms with E-state index < -0.39 is 17.0 Å². The molecule has 2 rings (SSSR count). The Balaban J connectivity index is 2.59. The summed E-state index contributed by atoms with van der Waals surface area (Å²) in [7, 11) is 0. The van der Waals surface area contributed by atoms with Gasteiger partial charge in [0.1, 0.15) is 5.60 Å². The van der Waals surface area contributed by atoms with Crippen molar-refractivity contribution in [3.8, 4) is 0 Å². The van der Waals surface area contributed by atoms with E-state index in [0.717, 1.165) is 6.08 Å². The lowest BCUT2D eigenvalue weighted by atomic mass is 9.61. The van der Waals surface area contributed by atoms with Gasteiger partial charge in [0.05, 0.1) is 6.61 Å². The number of carbonyl (C=O) groups excluding carboxylic acids is 1. The third-order valence-electron chi connectivity index (χ3n) is 4.40. The van der Waals surface area contributed by atoms with Crippen molar-refractivity contribution >= 4 is 11.8 Å². The van der Waals surface area contributed by atoms with Crippen molar-refractivity contribution in [3.63, 3.8) is 0 Å². The van der Waals surface area contributed by atoms with Gasteiger partial charge in [-0.2, -0.15) is 0 Å². The smallest absolute Gasteiger partial charge is 0.328 e. The minimum Gasteiger partial charge on any atom is -0.478 e. The zero-order valence-corrected chi connectivity index (χ0v) is 13.1. The van der Waals surface area contributed by atoms with Crippen molar-refractivity contribution in [2.45, 2.75) is 25.9 Å². The molecule has 0 aliphatic heterocycles. The van der Waals surface area contributed by atoms with Crippen LogP contribution in [-0.4, -0.2) is 33.7 Å². The third kappa shape index (κ3) is 2.98. The largest absolute Gasteiger partial charge is 0.478 e. The zero-order valence-electron chi connectivity index (χ0n) is 13.1. The van der Waals surface area contributed by atoms with E-state index in [2.05, 4.69) is 0 Å². The number of aliphatic hydroxyl groups is 2. The van der Waals surface area contributed by atoms with Gasteiger partial charge >= 0.3 is 5.97 Å². The SMILES string of the molecule is CC(=C/C(=O)O)/C=C/[C@@]1(O)c2ccccc2C(=O)C[C@@]1(C)CO. The zero-order chi connectivity index (χ0) is 17.3. The fraction of sp³-hybridized carbons (Fsp3) is 0.333. The molecule has 1 aromatic carbocycles. The van der Waals surface area contributed by atoms with Crippen LogP contribution in [0.4, 0.5) is 0 Å². The maximum absolute atomic E-state index is 12.3. The first kappa shape index (κ1) is 17.1. The number of carbonyl (C=O) groups is 2. The molecule has 0 heterocycles. The van der Waals surface area contributed by atoms with Crippen molar-refractivity contribution in [1.82, 2.24) is 0 Å². The van der Waals surface area contributed by atoms with E-state index in [9.17, 15) is 19.8 Å². The van der Waals surface area contributed by atoms with Gasteiger partial charge in [0, 0.05) is 23.5 Å². The molecule has 0 spiro atoms. The second-order valence-corrected chi connectivity index (χ2v) is 6.19. The Hall–Kier alpha value is -2.24. The molecule has 0 radical (unpaired) electrons. The molecule has 122 valence electrons. The number of aliphatic hydroxyl groups excluding tert-OH is 1. The van der Waals surface area contributed by atoms with Crippen molar-refractivity contribution in [2.24, 2.45) is 5.41 Å². The number of rotatable bonds is 4. The van der Waals surface area contributed by atoms with E-state index in [1.807, 2.05) is 0 Å². The Morgan fingerprint density at radius 1 is 1.35 bits per heavy atom. The highest BCUT2D eigenvalue weighted by molar-refractivity contribution is 6.00. The summed E-state index contributed by atoms with van der Waals surface area (Å²) in [5.74, 6) is -1.21. The normalized spacial score (nSPS) is 28.0. The maximum atomic E-state index is 12.3. The molecule has 0 bridgehead atoms. The Kier molecular flexibility index (Phi) is 4.54. The maximum Gasteiger partial charge on any atom is 0.328 e. The van der Waals surface area contributed by atoms with E-state index in [4.69, 9.17) is 5.11 Å². The number of hydrogen-bond acceptors (Lipinski definition) is 4. The van der Waals surface area contributed by atoms with Gasteiger partial charge in [-0.1, -0.05) is 37.3 Å². The molecule has 0 aromatic heterocycles. The van der Waals surface area contributed by atoms with Gasteiger partial charge in [-0.3, -0.25) is 4.79 Å². The highest BCUT2D eigenvalue weighted by Crippen LogP contribution is 2.49. The molecule has 0 amide bonds. The van der Waals surface area contributed by atoms with E-state index in [1.54, 1.807) is 38.1 Å². The van der Waals surface area contributed by atoms with E-state index in [-0.39, 0.29) is 18.8 Å². The molecule has 1 aliphatic carbocycles. The summed E-state index contributed by atoms with van der Waals surface area (Å²) in [5.41, 5.74) is -1.36. The van der Waals surface area contributed by atoms with Crippen molar-refractivity contribution in [2.75, 3.05) is 6.61 Å². The number of carboxylic acids is 1. The summed E-state index contributed by atoms with van der Waals surface area (Å²) in [4.78, 5) is 23.0. The van der Waals surface area contributed by atoms with Gasteiger partial charge < -0.3 is 15.3 Å². The summed E-state index contributed by atoms with van der Waals surface area (Å²) >= 11 is 0. The average molecular weight is 316 g/mol. The molecule has 2 atom stereocenters. The summed E-state index contributed by atoms with van der Waals surface area (Å²) in [6.07, 6.45) is 3.98. The van der Waals surface area contributed by atoms with Crippen LogP contribution in [0.15, 0.2) is 48.1 Å². The fourth-order valence-electron chi connectivity index (χ4n) is 2.93. The lowest BCUT2D eigenvalue weighted by Gasteiger charge is -2.46. The standard InChI is InChI=1S/C18H20O5/c1-12(9-16(21)22)7-8-18(23)14-6-4-3-5-13(14)15(20)10-17(18,2)11-19/h3-9,19,23H,10-11H2,1-2H3,(H,21,22)/b8-7+,12-9-/t17-,18+/m0/s1. The summed E-state index contributed by atoms with van der Waals surface area (Å²) in [5, 5.41) is 29.8. The van der Waals surface area contributed by atoms with Crippen LogP contribution in [0.3, 0.4) is 0 Å². The molecule has 1 aliphatic rings. The lowest BCUT2D eigenvalue weighted by Crippen LogP contribution is -2.50. The molecular weight excluding hydrogens is 296 g/mol. The number of benzene rings is 1. The van der Waals surface area contributed by atoms with Crippen molar-refractivity contribution < 1.29 is 24.9 Å². The quantitative estimate of drug-likeness (QED) is 0.584. The van der Waals surface area contributed by atoms with Gasteiger partial charge in [-0.25, -0.2) is 4.79 Å². The Bertz CT molecular complexity index is 703. The van der Waals surface area contributed by atoms with Gasteiger partial charge in [0.25, 0.3) is 0 Å². The van der Waals surface area contributed by atoms with Gasteiger partial charge in [-0.05, 0) is 24.1 Å².